The van der Waals surface area contributed by atoms with Crippen LogP contribution >= 0.6 is 0 Å². The standard InChI is InChI=1S/C14H20F2N2/c1-14(2)8-11(5-6-18-14)17-9-10-3-4-12(15)13(16)7-10/h3-4,7,11,17-18H,5-6,8-9H2,1-2H3. The maximum Gasteiger partial charge on any atom is 0.159 e. The van der Waals surface area contributed by atoms with Crippen molar-refractivity contribution in [1.82, 2.24) is 10.6 Å². The van der Waals surface area contributed by atoms with Crippen LogP contribution < -0.4 is 10.6 Å². The van der Waals surface area contributed by atoms with Crippen molar-refractivity contribution in [2.45, 2.75) is 44.8 Å². The third kappa shape index (κ3) is 3.50. The van der Waals surface area contributed by atoms with Crippen molar-refractivity contribution in [2.75, 3.05) is 6.54 Å². The summed E-state index contributed by atoms with van der Waals surface area (Å²) < 4.78 is 25.8. The van der Waals surface area contributed by atoms with Crippen molar-refractivity contribution in [3.8, 4) is 0 Å². The molecule has 2 rings (SSSR count). The first-order chi connectivity index (χ1) is 8.46. The maximum absolute atomic E-state index is 13.1. The third-order valence-electron chi connectivity index (χ3n) is 3.43. The summed E-state index contributed by atoms with van der Waals surface area (Å²) in [6.07, 6.45) is 2.10. The summed E-state index contributed by atoms with van der Waals surface area (Å²) in [4.78, 5) is 0. The van der Waals surface area contributed by atoms with Crippen LogP contribution in [-0.2, 0) is 6.54 Å². The molecule has 2 N–H and O–H groups in total. The third-order valence-corrected chi connectivity index (χ3v) is 3.43. The van der Waals surface area contributed by atoms with Crippen molar-refractivity contribution in [1.29, 1.82) is 0 Å². The quantitative estimate of drug-likeness (QED) is 0.866. The topological polar surface area (TPSA) is 24.1 Å². The van der Waals surface area contributed by atoms with Crippen LogP contribution in [0.3, 0.4) is 0 Å². The van der Waals surface area contributed by atoms with E-state index < -0.39 is 11.6 Å². The monoisotopic (exact) mass is 254 g/mol. The molecule has 1 aromatic rings. The molecule has 0 aromatic heterocycles. The second-order valence-electron chi connectivity index (χ2n) is 5.63. The molecular formula is C14H20F2N2. The normalized spacial score (nSPS) is 23.0. The molecule has 1 heterocycles. The molecular weight excluding hydrogens is 234 g/mol. The number of halogens is 2. The molecule has 2 nitrogen and oxygen atoms in total. The molecule has 18 heavy (non-hydrogen) atoms. The second kappa shape index (κ2) is 5.33. The summed E-state index contributed by atoms with van der Waals surface area (Å²) in [6, 6.07) is 4.49. The zero-order valence-electron chi connectivity index (χ0n) is 10.9. The van der Waals surface area contributed by atoms with Crippen LogP contribution in [0.1, 0.15) is 32.3 Å². The minimum Gasteiger partial charge on any atom is -0.312 e. The Hall–Kier alpha value is -1.00. The average molecular weight is 254 g/mol. The van der Waals surface area contributed by atoms with Crippen molar-refractivity contribution in [3.63, 3.8) is 0 Å². The number of nitrogens with one attached hydrogen (secondary N) is 2. The molecule has 0 saturated carbocycles. The Labute approximate surface area is 107 Å². The van der Waals surface area contributed by atoms with Gasteiger partial charge in [-0.1, -0.05) is 6.07 Å². The number of piperidine rings is 1. The number of hydrogen-bond acceptors (Lipinski definition) is 2. The van der Waals surface area contributed by atoms with Gasteiger partial charge in [-0.25, -0.2) is 8.78 Å². The van der Waals surface area contributed by atoms with Crippen molar-refractivity contribution >= 4 is 0 Å². The van der Waals surface area contributed by atoms with Gasteiger partial charge in [-0.2, -0.15) is 0 Å². The zero-order valence-corrected chi connectivity index (χ0v) is 10.9. The molecule has 0 bridgehead atoms. The van der Waals surface area contributed by atoms with Crippen LogP contribution in [0, 0.1) is 11.6 Å². The highest BCUT2D eigenvalue weighted by Crippen LogP contribution is 2.19. The Morgan fingerprint density at radius 2 is 2.11 bits per heavy atom. The number of hydrogen-bond donors (Lipinski definition) is 2. The Morgan fingerprint density at radius 1 is 1.33 bits per heavy atom. The number of benzene rings is 1. The van der Waals surface area contributed by atoms with Gasteiger partial charge in [-0.05, 0) is 50.9 Å². The molecule has 1 aliphatic rings. The summed E-state index contributed by atoms with van der Waals surface area (Å²) >= 11 is 0. The number of rotatable bonds is 3. The van der Waals surface area contributed by atoms with E-state index in [1.54, 1.807) is 6.07 Å². The molecule has 1 fully saturated rings. The fourth-order valence-corrected chi connectivity index (χ4v) is 2.46. The van der Waals surface area contributed by atoms with Crippen LogP contribution in [-0.4, -0.2) is 18.1 Å². The Balaban J connectivity index is 1.89. The van der Waals surface area contributed by atoms with E-state index in [1.165, 1.54) is 12.1 Å². The highest BCUT2D eigenvalue weighted by molar-refractivity contribution is 5.17. The minimum absolute atomic E-state index is 0.143. The van der Waals surface area contributed by atoms with E-state index in [9.17, 15) is 8.78 Å². The van der Waals surface area contributed by atoms with Crippen molar-refractivity contribution in [3.05, 3.63) is 35.4 Å². The maximum atomic E-state index is 13.1. The lowest BCUT2D eigenvalue weighted by Crippen LogP contribution is -2.51. The van der Waals surface area contributed by atoms with Gasteiger partial charge in [0.25, 0.3) is 0 Å². The predicted molar refractivity (Wildman–Crippen MR) is 68.3 cm³/mol. The highest BCUT2D eigenvalue weighted by Gasteiger charge is 2.26. The first kappa shape index (κ1) is 13.4. The van der Waals surface area contributed by atoms with Gasteiger partial charge in [0.15, 0.2) is 11.6 Å². The summed E-state index contributed by atoms with van der Waals surface area (Å²) in [5, 5.41) is 6.86. The minimum atomic E-state index is -0.790. The SMILES string of the molecule is CC1(C)CC(NCc2ccc(F)c(F)c2)CCN1. The fraction of sp³-hybridized carbons (Fsp3) is 0.571. The fourth-order valence-electron chi connectivity index (χ4n) is 2.46. The van der Waals surface area contributed by atoms with Gasteiger partial charge in [0, 0.05) is 18.1 Å². The van der Waals surface area contributed by atoms with E-state index in [0.717, 1.165) is 24.9 Å². The molecule has 4 heteroatoms. The van der Waals surface area contributed by atoms with Crippen LogP contribution in [0.2, 0.25) is 0 Å². The van der Waals surface area contributed by atoms with Gasteiger partial charge in [0.2, 0.25) is 0 Å². The van der Waals surface area contributed by atoms with E-state index in [-0.39, 0.29) is 5.54 Å². The van der Waals surface area contributed by atoms with E-state index in [2.05, 4.69) is 24.5 Å². The lowest BCUT2D eigenvalue weighted by molar-refractivity contribution is 0.247. The van der Waals surface area contributed by atoms with Gasteiger partial charge in [-0.15, -0.1) is 0 Å². The highest BCUT2D eigenvalue weighted by atomic mass is 19.2. The van der Waals surface area contributed by atoms with Gasteiger partial charge in [-0.3, -0.25) is 0 Å². The van der Waals surface area contributed by atoms with E-state index >= 15 is 0 Å². The average Bonchev–Trinajstić information content (AvgIpc) is 2.29. The molecule has 1 aromatic carbocycles. The first-order valence-electron chi connectivity index (χ1n) is 6.39. The van der Waals surface area contributed by atoms with Gasteiger partial charge < -0.3 is 10.6 Å². The Bertz CT molecular complexity index is 418. The summed E-state index contributed by atoms with van der Waals surface area (Å²) in [5.41, 5.74) is 0.925. The lowest BCUT2D eigenvalue weighted by atomic mass is 9.89. The molecule has 0 spiro atoms. The molecule has 100 valence electrons. The van der Waals surface area contributed by atoms with Crippen LogP contribution in [0.25, 0.3) is 0 Å². The second-order valence-corrected chi connectivity index (χ2v) is 5.63. The molecule has 0 aliphatic carbocycles. The predicted octanol–water partition coefficient (Wildman–Crippen LogP) is 2.59. The van der Waals surface area contributed by atoms with Gasteiger partial charge >= 0.3 is 0 Å². The van der Waals surface area contributed by atoms with Gasteiger partial charge in [0.1, 0.15) is 0 Å². The van der Waals surface area contributed by atoms with Crippen LogP contribution in [0.15, 0.2) is 18.2 Å². The zero-order chi connectivity index (χ0) is 13.2. The first-order valence-corrected chi connectivity index (χ1v) is 6.39. The smallest absolute Gasteiger partial charge is 0.159 e. The van der Waals surface area contributed by atoms with Gasteiger partial charge in [0.05, 0.1) is 0 Å². The molecule has 1 aliphatic heterocycles. The Kier molecular flexibility index (Phi) is 3.97. The summed E-state index contributed by atoms with van der Waals surface area (Å²) in [7, 11) is 0. The molecule has 1 atom stereocenters. The molecule has 1 unspecified atom stereocenters. The summed E-state index contributed by atoms with van der Waals surface area (Å²) in [6.45, 7) is 5.93. The van der Waals surface area contributed by atoms with Crippen molar-refractivity contribution < 1.29 is 8.78 Å². The van der Waals surface area contributed by atoms with Crippen LogP contribution in [0.5, 0.6) is 0 Å². The van der Waals surface area contributed by atoms with E-state index in [4.69, 9.17) is 0 Å². The summed E-state index contributed by atoms with van der Waals surface area (Å²) in [5.74, 6) is -1.57. The molecule has 0 radical (unpaired) electrons. The van der Waals surface area contributed by atoms with Crippen LogP contribution in [0.4, 0.5) is 8.78 Å². The molecule has 0 amide bonds. The lowest BCUT2D eigenvalue weighted by Gasteiger charge is -2.37. The van der Waals surface area contributed by atoms with E-state index in [1.807, 2.05) is 0 Å². The Morgan fingerprint density at radius 3 is 2.78 bits per heavy atom. The van der Waals surface area contributed by atoms with Crippen molar-refractivity contribution in [2.24, 2.45) is 0 Å². The largest absolute Gasteiger partial charge is 0.312 e. The molecule has 1 saturated heterocycles. The van der Waals surface area contributed by atoms with E-state index in [0.29, 0.717) is 12.6 Å².